The van der Waals surface area contributed by atoms with Crippen molar-refractivity contribution in [1.29, 1.82) is 0 Å². The molecule has 0 saturated heterocycles. The lowest BCUT2D eigenvalue weighted by Crippen LogP contribution is -2.52. The molecule has 0 radical (unpaired) electrons. The van der Waals surface area contributed by atoms with Crippen LogP contribution in [0.2, 0.25) is 0 Å². The van der Waals surface area contributed by atoms with Gasteiger partial charge < -0.3 is 25.0 Å². The molecule has 0 fully saturated rings. The fraction of sp³-hybridized carbons (Fsp3) is 0.480. The number of aliphatic hydroxyl groups is 1. The SMILES string of the molecule is CC(C)CC(C)(COc1ccc(-c2ccnc(NC(=O)O)c2)cc1CO)NC(=O)OC(C)(C)C. The van der Waals surface area contributed by atoms with Crippen molar-refractivity contribution in [3.05, 3.63) is 42.1 Å². The molecule has 0 aliphatic carbocycles. The van der Waals surface area contributed by atoms with Gasteiger partial charge in [-0.1, -0.05) is 19.9 Å². The van der Waals surface area contributed by atoms with E-state index in [1.165, 1.54) is 6.20 Å². The molecule has 2 aromatic rings. The number of carboxylic acid groups (broad SMARTS) is 1. The average molecular weight is 474 g/mol. The Morgan fingerprint density at radius 3 is 2.35 bits per heavy atom. The van der Waals surface area contributed by atoms with Crippen molar-refractivity contribution in [2.75, 3.05) is 11.9 Å². The maximum absolute atomic E-state index is 12.4. The third-order valence-corrected chi connectivity index (χ3v) is 4.77. The number of hydrogen-bond acceptors (Lipinski definition) is 6. The van der Waals surface area contributed by atoms with Gasteiger partial charge in [0, 0.05) is 11.8 Å². The summed E-state index contributed by atoms with van der Waals surface area (Å²) in [6, 6.07) is 8.69. The van der Waals surface area contributed by atoms with Crippen LogP contribution in [-0.4, -0.2) is 45.1 Å². The third kappa shape index (κ3) is 8.55. The first-order chi connectivity index (χ1) is 15.8. The molecule has 1 unspecified atom stereocenters. The number of pyridine rings is 1. The van der Waals surface area contributed by atoms with Gasteiger partial charge >= 0.3 is 12.2 Å². The maximum atomic E-state index is 12.4. The number of aliphatic hydroxyl groups excluding tert-OH is 1. The number of aromatic nitrogens is 1. The summed E-state index contributed by atoms with van der Waals surface area (Å²) in [5.41, 5.74) is 0.757. The predicted octanol–water partition coefficient (Wildman–Crippen LogP) is 5.04. The molecule has 0 spiro atoms. The number of carbonyl (C=O) groups is 2. The first kappa shape index (κ1) is 26.9. The molecule has 2 amide bonds. The van der Waals surface area contributed by atoms with Crippen LogP contribution in [0.4, 0.5) is 15.4 Å². The summed E-state index contributed by atoms with van der Waals surface area (Å²) in [4.78, 5) is 27.3. The van der Waals surface area contributed by atoms with Crippen molar-refractivity contribution in [2.24, 2.45) is 5.92 Å². The molecule has 186 valence electrons. The summed E-state index contributed by atoms with van der Waals surface area (Å²) in [5, 5.41) is 24.0. The van der Waals surface area contributed by atoms with Crippen molar-refractivity contribution >= 4 is 18.0 Å². The van der Waals surface area contributed by atoms with E-state index >= 15 is 0 Å². The first-order valence-corrected chi connectivity index (χ1v) is 11.1. The monoisotopic (exact) mass is 473 g/mol. The molecule has 1 aromatic heterocycles. The number of hydrogen-bond donors (Lipinski definition) is 4. The highest BCUT2D eigenvalue weighted by molar-refractivity contribution is 5.82. The highest BCUT2D eigenvalue weighted by Gasteiger charge is 2.31. The number of rotatable bonds is 9. The minimum Gasteiger partial charge on any atom is -0.491 e. The van der Waals surface area contributed by atoms with E-state index in [1.54, 1.807) is 45.0 Å². The van der Waals surface area contributed by atoms with Crippen LogP contribution >= 0.6 is 0 Å². The Bertz CT molecular complexity index is 1000. The molecule has 1 heterocycles. The molecule has 1 atom stereocenters. The van der Waals surface area contributed by atoms with Crippen molar-refractivity contribution < 1.29 is 29.3 Å². The van der Waals surface area contributed by atoms with Crippen molar-refractivity contribution in [3.8, 4) is 16.9 Å². The van der Waals surface area contributed by atoms with E-state index < -0.39 is 23.3 Å². The number of nitrogens with one attached hydrogen (secondary N) is 2. The predicted molar refractivity (Wildman–Crippen MR) is 130 cm³/mol. The minimum absolute atomic E-state index is 0.179. The fourth-order valence-corrected chi connectivity index (χ4v) is 3.65. The number of anilines is 1. The van der Waals surface area contributed by atoms with Gasteiger partial charge in [-0.15, -0.1) is 0 Å². The number of amides is 2. The van der Waals surface area contributed by atoms with Gasteiger partial charge in [-0.2, -0.15) is 0 Å². The summed E-state index contributed by atoms with van der Waals surface area (Å²) in [6.45, 7) is 11.4. The second kappa shape index (κ2) is 11.2. The summed E-state index contributed by atoms with van der Waals surface area (Å²) in [7, 11) is 0. The number of nitrogens with zero attached hydrogens (tertiary/aromatic N) is 1. The Labute approximate surface area is 200 Å². The number of alkyl carbamates (subject to hydrolysis) is 1. The molecule has 1 aromatic carbocycles. The lowest BCUT2D eigenvalue weighted by Gasteiger charge is -2.33. The van der Waals surface area contributed by atoms with E-state index in [0.29, 0.717) is 23.7 Å². The molecule has 34 heavy (non-hydrogen) atoms. The zero-order chi connectivity index (χ0) is 25.5. The van der Waals surface area contributed by atoms with Crippen LogP contribution < -0.4 is 15.4 Å². The van der Waals surface area contributed by atoms with Crippen LogP contribution in [0.25, 0.3) is 11.1 Å². The maximum Gasteiger partial charge on any atom is 0.410 e. The molecule has 4 N–H and O–H groups in total. The van der Waals surface area contributed by atoms with Gasteiger partial charge in [-0.3, -0.25) is 5.32 Å². The number of carbonyl (C=O) groups excluding carboxylic acids is 1. The molecule has 0 saturated carbocycles. The minimum atomic E-state index is -1.20. The van der Waals surface area contributed by atoms with E-state index in [4.69, 9.17) is 14.6 Å². The average Bonchev–Trinajstić information content (AvgIpc) is 2.69. The van der Waals surface area contributed by atoms with Crippen LogP contribution in [0, 0.1) is 5.92 Å². The van der Waals surface area contributed by atoms with Crippen LogP contribution in [-0.2, 0) is 11.3 Å². The van der Waals surface area contributed by atoms with E-state index in [2.05, 4.69) is 29.5 Å². The molecular formula is C25H35N3O6. The Hall–Kier alpha value is -3.33. The van der Waals surface area contributed by atoms with Crippen LogP contribution in [0.15, 0.2) is 36.5 Å². The van der Waals surface area contributed by atoms with E-state index in [9.17, 15) is 14.7 Å². The lowest BCUT2D eigenvalue weighted by molar-refractivity contribution is 0.0407. The quantitative estimate of drug-likeness (QED) is 0.401. The molecule has 2 rings (SSSR count). The first-order valence-electron chi connectivity index (χ1n) is 11.1. The van der Waals surface area contributed by atoms with Gasteiger partial charge in [0.05, 0.1) is 12.1 Å². The van der Waals surface area contributed by atoms with Gasteiger partial charge in [-0.25, -0.2) is 14.6 Å². The van der Waals surface area contributed by atoms with Gasteiger partial charge in [0.25, 0.3) is 0 Å². The number of ether oxygens (including phenoxy) is 2. The Balaban J connectivity index is 2.21. The summed E-state index contributed by atoms with van der Waals surface area (Å²) < 4.78 is 11.5. The standard InChI is InChI=1S/C25H35N3O6/c1-16(2)13-25(6,28-23(32)34-24(3,4)5)15-33-20-8-7-17(11-19(20)14-29)18-9-10-26-21(12-18)27-22(30)31/h7-12,16,29H,13-15H2,1-6H3,(H,26,27)(H,28,32)(H,30,31). The van der Waals surface area contributed by atoms with Crippen LogP contribution in [0.5, 0.6) is 5.75 Å². The zero-order valence-corrected chi connectivity index (χ0v) is 20.6. The Kier molecular flexibility index (Phi) is 8.86. The number of benzene rings is 1. The Morgan fingerprint density at radius 2 is 1.76 bits per heavy atom. The largest absolute Gasteiger partial charge is 0.491 e. The molecule has 9 heteroatoms. The highest BCUT2D eigenvalue weighted by Crippen LogP contribution is 2.29. The highest BCUT2D eigenvalue weighted by atomic mass is 16.6. The third-order valence-electron chi connectivity index (χ3n) is 4.77. The molecule has 0 aliphatic rings. The van der Waals surface area contributed by atoms with Gasteiger partial charge in [0.2, 0.25) is 0 Å². The molecule has 0 aliphatic heterocycles. The van der Waals surface area contributed by atoms with Crippen LogP contribution in [0.1, 0.15) is 53.5 Å². The zero-order valence-electron chi connectivity index (χ0n) is 20.6. The summed E-state index contributed by atoms with van der Waals surface area (Å²) in [6.07, 6.45) is 0.452. The Morgan fingerprint density at radius 1 is 1.09 bits per heavy atom. The fourth-order valence-electron chi connectivity index (χ4n) is 3.65. The summed E-state index contributed by atoms with van der Waals surface area (Å²) in [5.74, 6) is 0.988. The van der Waals surface area contributed by atoms with Gasteiger partial charge in [0.1, 0.15) is 23.8 Å². The van der Waals surface area contributed by atoms with E-state index in [-0.39, 0.29) is 19.0 Å². The normalized spacial score (nSPS) is 13.2. The molecule has 0 bridgehead atoms. The molecule has 9 nitrogen and oxygen atoms in total. The topological polar surface area (TPSA) is 130 Å². The second-order valence-corrected chi connectivity index (χ2v) is 9.91. The van der Waals surface area contributed by atoms with Crippen molar-refractivity contribution in [1.82, 2.24) is 10.3 Å². The smallest absolute Gasteiger partial charge is 0.410 e. The van der Waals surface area contributed by atoms with E-state index in [1.807, 2.05) is 13.0 Å². The summed E-state index contributed by atoms with van der Waals surface area (Å²) >= 11 is 0. The van der Waals surface area contributed by atoms with Crippen molar-refractivity contribution in [3.63, 3.8) is 0 Å². The van der Waals surface area contributed by atoms with E-state index in [0.717, 1.165) is 11.1 Å². The molecular weight excluding hydrogens is 438 g/mol. The van der Waals surface area contributed by atoms with Crippen molar-refractivity contribution in [2.45, 2.75) is 65.7 Å². The van der Waals surface area contributed by atoms with Gasteiger partial charge in [-0.05, 0) is 75.4 Å². The van der Waals surface area contributed by atoms with Gasteiger partial charge in [0.15, 0.2) is 0 Å². The second-order valence-electron chi connectivity index (χ2n) is 9.91. The lowest BCUT2D eigenvalue weighted by atomic mass is 9.91. The van der Waals surface area contributed by atoms with Crippen LogP contribution in [0.3, 0.4) is 0 Å².